The van der Waals surface area contributed by atoms with Crippen LogP contribution in [0.5, 0.6) is 0 Å². The second-order valence-electron chi connectivity index (χ2n) is 5.95. The molecule has 1 saturated heterocycles. The average Bonchev–Trinajstić information content (AvgIpc) is 2.58. The summed E-state index contributed by atoms with van der Waals surface area (Å²) in [5, 5.41) is 12.0. The quantitative estimate of drug-likeness (QED) is 0.510. The van der Waals surface area contributed by atoms with Crippen LogP contribution in [0.25, 0.3) is 11.1 Å². The fraction of sp³-hybridized carbons (Fsp3) is 0.353. The lowest BCUT2D eigenvalue weighted by atomic mass is 9.97. The summed E-state index contributed by atoms with van der Waals surface area (Å²) in [6.07, 6.45) is 0.695. The van der Waals surface area contributed by atoms with E-state index in [2.05, 4.69) is 4.98 Å². The van der Waals surface area contributed by atoms with E-state index in [1.165, 1.54) is 6.07 Å². The first-order chi connectivity index (χ1) is 11.8. The lowest BCUT2D eigenvalue weighted by molar-refractivity contribution is -0.384. The molecule has 0 amide bonds. The molecule has 1 aliphatic heterocycles. The second-order valence-corrected chi connectivity index (χ2v) is 7.95. The molecule has 132 valence electrons. The smallest absolute Gasteiger partial charge is 0.258 e. The summed E-state index contributed by atoms with van der Waals surface area (Å²) in [6.45, 7) is 6.21. The van der Waals surface area contributed by atoms with Crippen LogP contribution in [0.4, 0.5) is 5.69 Å². The topological polar surface area (TPSA) is 94.7 Å². The number of hydrogen-bond acceptors (Lipinski definition) is 6. The number of aromatic nitrogens is 1. The summed E-state index contributed by atoms with van der Waals surface area (Å²) in [7, 11) is -3.34. The van der Waals surface area contributed by atoms with Crippen LogP contribution < -0.4 is 5.30 Å². The predicted molar refractivity (Wildman–Crippen MR) is 95.8 cm³/mol. The molecule has 1 aromatic carbocycles. The molecule has 0 aliphatic carbocycles. The van der Waals surface area contributed by atoms with Crippen molar-refractivity contribution >= 4 is 18.9 Å². The minimum absolute atomic E-state index is 0.0274. The van der Waals surface area contributed by atoms with E-state index >= 15 is 0 Å². The number of nitro groups is 1. The molecule has 0 radical (unpaired) electrons. The Morgan fingerprint density at radius 1 is 1.16 bits per heavy atom. The van der Waals surface area contributed by atoms with Gasteiger partial charge in [0.05, 0.1) is 16.2 Å². The van der Waals surface area contributed by atoms with Crippen LogP contribution in [0.15, 0.2) is 24.3 Å². The molecule has 0 saturated carbocycles. The Balaban J connectivity index is 2.35. The minimum atomic E-state index is -3.34. The molecule has 1 aliphatic rings. The van der Waals surface area contributed by atoms with Crippen LogP contribution in [0.3, 0.4) is 0 Å². The van der Waals surface area contributed by atoms with Gasteiger partial charge >= 0.3 is 7.94 Å². The lowest BCUT2D eigenvalue weighted by Gasteiger charge is -2.25. The highest BCUT2D eigenvalue weighted by Crippen LogP contribution is 2.60. The summed E-state index contributed by atoms with van der Waals surface area (Å²) in [6, 6.07) is 6.49. The SMILES string of the molecule is Cc1nc(C)c([P+]2(O)OCCCO2)c(-c2ccccc2[N+](=O)[O-])c1C. The number of aryl methyl sites for hydroxylation is 2. The van der Waals surface area contributed by atoms with Gasteiger partial charge in [-0.3, -0.25) is 15.1 Å². The Hall–Kier alpha value is -1.92. The van der Waals surface area contributed by atoms with Crippen molar-refractivity contribution in [2.75, 3.05) is 13.2 Å². The Morgan fingerprint density at radius 3 is 2.44 bits per heavy atom. The molecular formula is C17H20N2O5P+. The molecule has 2 heterocycles. The highest BCUT2D eigenvalue weighted by molar-refractivity contribution is 7.69. The van der Waals surface area contributed by atoms with Gasteiger partial charge in [-0.05, 0) is 32.4 Å². The molecule has 7 nitrogen and oxygen atoms in total. The monoisotopic (exact) mass is 363 g/mol. The van der Waals surface area contributed by atoms with Crippen molar-refractivity contribution in [3.63, 3.8) is 0 Å². The summed E-state index contributed by atoms with van der Waals surface area (Å²) >= 11 is 0. The molecule has 0 spiro atoms. The number of nitrogens with zero attached hydrogens (tertiary/aromatic N) is 2. The van der Waals surface area contributed by atoms with Crippen molar-refractivity contribution in [3.8, 4) is 11.1 Å². The molecule has 0 bridgehead atoms. The Bertz CT molecular complexity index is 834. The fourth-order valence-electron chi connectivity index (χ4n) is 3.05. The zero-order valence-electron chi connectivity index (χ0n) is 14.4. The van der Waals surface area contributed by atoms with Crippen molar-refractivity contribution in [3.05, 3.63) is 51.3 Å². The third-order valence-electron chi connectivity index (χ3n) is 4.31. The Morgan fingerprint density at radius 2 is 1.80 bits per heavy atom. The van der Waals surface area contributed by atoms with Crippen molar-refractivity contribution in [1.82, 2.24) is 4.98 Å². The predicted octanol–water partition coefficient (Wildman–Crippen LogP) is 3.40. The molecule has 1 N–H and O–H groups in total. The third-order valence-corrected chi connectivity index (χ3v) is 6.48. The molecule has 8 heteroatoms. The van der Waals surface area contributed by atoms with Crippen molar-refractivity contribution in [2.24, 2.45) is 0 Å². The van der Waals surface area contributed by atoms with E-state index in [1.54, 1.807) is 25.1 Å². The minimum Gasteiger partial charge on any atom is -0.258 e. The first-order valence-corrected chi connectivity index (χ1v) is 9.56. The van der Waals surface area contributed by atoms with Crippen molar-refractivity contribution in [1.29, 1.82) is 0 Å². The highest BCUT2D eigenvalue weighted by atomic mass is 31.2. The molecule has 0 unspecified atom stereocenters. The number of pyridine rings is 1. The van der Waals surface area contributed by atoms with Gasteiger partial charge in [0.25, 0.3) is 5.69 Å². The lowest BCUT2D eigenvalue weighted by Crippen LogP contribution is -2.27. The molecule has 2 aromatic rings. The molecule has 1 fully saturated rings. The highest BCUT2D eigenvalue weighted by Gasteiger charge is 2.51. The van der Waals surface area contributed by atoms with Gasteiger partial charge in [0.1, 0.15) is 13.2 Å². The van der Waals surface area contributed by atoms with E-state index in [0.717, 1.165) is 11.3 Å². The molecule has 3 rings (SSSR count). The number of hydrogen-bond donors (Lipinski definition) is 1. The fourth-order valence-corrected chi connectivity index (χ4v) is 5.16. The molecule has 25 heavy (non-hydrogen) atoms. The van der Waals surface area contributed by atoms with Gasteiger partial charge in [-0.2, -0.15) is 13.9 Å². The van der Waals surface area contributed by atoms with Crippen LogP contribution in [0.2, 0.25) is 0 Å². The van der Waals surface area contributed by atoms with E-state index in [1.807, 2.05) is 13.8 Å². The van der Waals surface area contributed by atoms with Gasteiger partial charge in [0.15, 0.2) is 0 Å². The summed E-state index contributed by atoms with van der Waals surface area (Å²) < 4.78 is 11.2. The van der Waals surface area contributed by atoms with Crippen LogP contribution in [0.1, 0.15) is 23.4 Å². The maximum absolute atomic E-state index is 11.5. The number of para-hydroxylation sites is 1. The summed E-state index contributed by atoms with van der Waals surface area (Å²) in [5.74, 6) is 0. The summed E-state index contributed by atoms with van der Waals surface area (Å²) in [5.41, 5.74) is 3.06. The number of nitro benzene ring substituents is 1. The maximum atomic E-state index is 11.5. The maximum Gasteiger partial charge on any atom is 0.448 e. The first kappa shape index (κ1) is 17.9. The Labute approximate surface area is 146 Å². The van der Waals surface area contributed by atoms with Gasteiger partial charge in [-0.1, -0.05) is 12.1 Å². The van der Waals surface area contributed by atoms with E-state index < -0.39 is 12.9 Å². The van der Waals surface area contributed by atoms with E-state index in [4.69, 9.17) is 9.05 Å². The van der Waals surface area contributed by atoms with Crippen molar-refractivity contribution < 1.29 is 18.9 Å². The summed E-state index contributed by atoms with van der Waals surface area (Å²) in [4.78, 5) is 26.7. The third kappa shape index (κ3) is 3.16. The van der Waals surface area contributed by atoms with Gasteiger partial charge in [-0.25, -0.2) is 0 Å². The first-order valence-electron chi connectivity index (χ1n) is 7.98. The van der Waals surface area contributed by atoms with Crippen LogP contribution in [-0.2, 0) is 9.05 Å². The van der Waals surface area contributed by atoms with E-state index in [9.17, 15) is 15.0 Å². The Kier molecular flexibility index (Phi) is 4.84. The van der Waals surface area contributed by atoms with E-state index in [-0.39, 0.29) is 5.69 Å². The second kappa shape index (κ2) is 6.77. The largest absolute Gasteiger partial charge is 0.448 e. The number of rotatable bonds is 3. The molecule has 0 atom stereocenters. The zero-order valence-corrected chi connectivity index (χ0v) is 15.2. The van der Waals surface area contributed by atoms with Gasteiger partial charge in [-0.15, -0.1) is 0 Å². The van der Waals surface area contributed by atoms with Crippen molar-refractivity contribution in [2.45, 2.75) is 27.2 Å². The van der Waals surface area contributed by atoms with Crippen LogP contribution >= 0.6 is 7.94 Å². The molecular weight excluding hydrogens is 343 g/mol. The normalized spacial score (nSPS) is 16.6. The zero-order chi connectivity index (χ0) is 18.2. The van der Waals surface area contributed by atoms with Gasteiger partial charge in [0, 0.05) is 23.7 Å². The van der Waals surface area contributed by atoms with Crippen LogP contribution in [-0.4, -0.2) is 28.0 Å². The number of benzene rings is 1. The average molecular weight is 363 g/mol. The van der Waals surface area contributed by atoms with Gasteiger partial charge in [0.2, 0.25) is 5.30 Å². The standard InChI is InChI=1S/C17H20N2O5P/c1-11-12(2)18-13(3)17(25(22)23-9-6-10-24-25)16(11)14-7-4-5-8-15(14)19(20)21/h4-5,7-8,22H,6,9-10H2,1-3H3/q+1. The van der Waals surface area contributed by atoms with Crippen LogP contribution in [0, 0.1) is 30.9 Å². The van der Waals surface area contributed by atoms with Gasteiger partial charge < -0.3 is 0 Å². The van der Waals surface area contributed by atoms with E-state index in [0.29, 0.717) is 41.8 Å². The molecule has 1 aromatic heterocycles.